The summed E-state index contributed by atoms with van der Waals surface area (Å²) in [5, 5.41) is 9.41. The summed E-state index contributed by atoms with van der Waals surface area (Å²) in [5.41, 5.74) is 1.48. The van der Waals surface area contributed by atoms with E-state index in [0.717, 1.165) is 5.69 Å². The fraction of sp³-hybridized carbons (Fsp3) is 0.0909. The molecule has 76 valence electrons. The van der Waals surface area contributed by atoms with Crippen LogP contribution in [0.25, 0.3) is 0 Å². The Morgan fingerprint density at radius 3 is 2.73 bits per heavy atom. The Morgan fingerprint density at radius 2 is 2.07 bits per heavy atom. The zero-order valence-corrected chi connectivity index (χ0v) is 8.10. The molecule has 0 unspecified atom stereocenters. The molecule has 0 fully saturated rings. The van der Waals surface area contributed by atoms with E-state index in [4.69, 9.17) is 0 Å². The molecule has 0 spiro atoms. The first-order valence-electron chi connectivity index (χ1n) is 4.68. The number of nitrogens with one attached hydrogen (secondary N) is 2. The average Bonchev–Trinajstić information content (AvgIpc) is 2.80. The lowest BCUT2D eigenvalue weighted by molar-refractivity contribution is 0.0950. The lowest BCUT2D eigenvalue weighted by atomic mass is 10.2. The van der Waals surface area contributed by atoms with Crippen molar-refractivity contribution in [1.82, 2.24) is 15.5 Å². The molecule has 4 heteroatoms. The molecule has 0 aliphatic heterocycles. The second-order valence-electron chi connectivity index (χ2n) is 3.11. The first kappa shape index (κ1) is 9.45. The van der Waals surface area contributed by atoms with Gasteiger partial charge in [0.1, 0.15) is 0 Å². The number of H-pyrrole nitrogens is 1. The van der Waals surface area contributed by atoms with Crippen molar-refractivity contribution < 1.29 is 4.79 Å². The van der Waals surface area contributed by atoms with Crippen LogP contribution in [0.2, 0.25) is 0 Å². The molecule has 1 amide bonds. The van der Waals surface area contributed by atoms with Crippen LogP contribution in [0.5, 0.6) is 0 Å². The third-order valence-corrected chi connectivity index (χ3v) is 2.02. The van der Waals surface area contributed by atoms with Gasteiger partial charge in [-0.25, -0.2) is 0 Å². The van der Waals surface area contributed by atoms with Gasteiger partial charge in [-0.1, -0.05) is 18.2 Å². The van der Waals surface area contributed by atoms with Crippen LogP contribution in [0, 0.1) is 0 Å². The average molecular weight is 201 g/mol. The van der Waals surface area contributed by atoms with E-state index >= 15 is 0 Å². The van der Waals surface area contributed by atoms with E-state index in [-0.39, 0.29) is 5.91 Å². The minimum Gasteiger partial charge on any atom is -0.346 e. The van der Waals surface area contributed by atoms with Crippen molar-refractivity contribution in [2.75, 3.05) is 0 Å². The molecule has 1 heterocycles. The largest absolute Gasteiger partial charge is 0.346 e. The number of aromatic amines is 1. The van der Waals surface area contributed by atoms with E-state index < -0.39 is 0 Å². The molecule has 15 heavy (non-hydrogen) atoms. The Balaban J connectivity index is 1.94. The highest BCUT2D eigenvalue weighted by Gasteiger charge is 2.03. The number of aromatic nitrogens is 2. The summed E-state index contributed by atoms with van der Waals surface area (Å²) in [5.74, 6) is -0.0846. The van der Waals surface area contributed by atoms with Crippen molar-refractivity contribution in [2.24, 2.45) is 0 Å². The molecule has 0 aliphatic carbocycles. The van der Waals surface area contributed by atoms with Gasteiger partial charge in [-0.05, 0) is 18.2 Å². The van der Waals surface area contributed by atoms with E-state index in [1.54, 1.807) is 18.3 Å². The van der Waals surface area contributed by atoms with Gasteiger partial charge < -0.3 is 5.32 Å². The smallest absolute Gasteiger partial charge is 0.251 e. The maximum absolute atomic E-state index is 11.6. The van der Waals surface area contributed by atoms with Crippen molar-refractivity contribution >= 4 is 5.91 Å². The first-order valence-corrected chi connectivity index (χ1v) is 4.68. The normalized spacial score (nSPS) is 9.87. The van der Waals surface area contributed by atoms with Crippen LogP contribution in [0.15, 0.2) is 42.6 Å². The topological polar surface area (TPSA) is 57.8 Å². The van der Waals surface area contributed by atoms with Crippen molar-refractivity contribution in [2.45, 2.75) is 6.54 Å². The second-order valence-corrected chi connectivity index (χ2v) is 3.11. The monoisotopic (exact) mass is 201 g/mol. The highest BCUT2D eigenvalue weighted by molar-refractivity contribution is 5.93. The summed E-state index contributed by atoms with van der Waals surface area (Å²) in [6.07, 6.45) is 1.73. The van der Waals surface area contributed by atoms with Gasteiger partial charge in [0, 0.05) is 11.8 Å². The third kappa shape index (κ3) is 2.43. The first-order chi connectivity index (χ1) is 7.36. The molecule has 0 atom stereocenters. The molecule has 1 aromatic heterocycles. The van der Waals surface area contributed by atoms with Gasteiger partial charge in [0.25, 0.3) is 5.91 Å². The number of nitrogens with zero attached hydrogens (tertiary/aromatic N) is 1. The van der Waals surface area contributed by atoms with E-state index in [1.807, 2.05) is 24.3 Å². The number of hydrogen-bond acceptors (Lipinski definition) is 2. The molecule has 4 nitrogen and oxygen atoms in total. The summed E-state index contributed by atoms with van der Waals surface area (Å²) in [6.45, 7) is 0.442. The van der Waals surface area contributed by atoms with Crippen molar-refractivity contribution in [3.8, 4) is 0 Å². The second kappa shape index (κ2) is 4.41. The highest BCUT2D eigenvalue weighted by Crippen LogP contribution is 1.98. The van der Waals surface area contributed by atoms with Crippen LogP contribution < -0.4 is 5.32 Å². The molecule has 2 rings (SSSR count). The van der Waals surface area contributed by atoms with Gasteiger partial charge in [0.15, 0.2) is 0 Å². The molecule has 0 saturated carbocycles. The summed E-state index contributed by atoms with van der Waals surface area (Å²) in [7, 11) is 0. The Morgan fingerprint density at radius 1 is 1.27 bits per heavy atom. The minimum atomic E-state index is -0.0846. The van der Waals surface area contributed by atoms with E-state index in [2.05, 4.69) is 15.5 Å². The summed E-state index contributed by atoms with van der Waals surface area (Å²) < 4.78 is 0. The Kier molecular flexibility index (Phi) is 2.78. The zero-order chi connectivity index (χ0) is 10.5. The molecule has 0 bridgehead atoms. The van der Waals surface area contributed by atoms with Crippen LogP contribution in [-0.2, 0) is 6.54 Å². The molecule has 0 radical (unpaired) electrons. The SMILES string of the molecule is O=C(NCc1cc[nH]n1)c1ccccc1. The number of benzene rings is 1. The van der Waals surface area contributed by atoms with Crippen molar-refractivity contribution in [1.29, 1.82) is 0 Å². The number of carbonyl (C=O) groups is 1. The number of rotatable bonds is 3. The lowest BCUT2D eigenvalue weighted by Crippen LogP contribution is -2.22. The van der Waals surface area contributed by atoms with Gasteiger partial charge in [-0.15, -0.1) is 0 Å². The maximum atomic E-state index is 11.6. The molecule has 1 aromatic carbocycles. The van der Waals surface area contributed by atoms with Crippen molar-refractivity contribution in [3.63, 3.8) is 0 Å². The summed E-state index contributed by atoms with van der Waals surface area (Å²) in [4.78, 5) is 11.6. The van der Waals surface area contributed by atoms with Gasteiger partial charge in [-0.2, -0.15) is 5.10 Å². The standard InChI is InChI=1S/C11H11N3O/c15-11(9-4-2-1-3-5-9)12-8-10-6-7-13-14-10/h1-7H,8H2,(H,12,15)(H,13,14). The van der Waals surface area contributed by atoms with E-state index in [1.165, 1.54) is 0 Å². The van der Waals surface area contributed by atoms with Crippen LogP contribution in [0.4, 0.5) is 0 Å². The Labute approximate surface area is 87.3 Å². The third-order valence-electron chi connectivity index (χ3n) is 2.02. The molecular weight excluding hydrogens is 190 g/mol. The van der Waals surface area contributed by atoms with Crippen LogP contribution in [0.1, 0.15) is 16.1 Å². The van der Waals surface area contributed by atoms with E-state index in [0.29, 0.717) is 12.1 Å². The number of carbonyl (C=O) groups excluding carboxylic acids is 1. The quantitative estimate of drug-likeness (QED) is 0.787. The highest BCUT2D eigenvalue weighted by atomic mass is 16.1. The Bertz CT molecular complexity index is 422. The summed E-state index contributed by atoms with van der Waals surface area (Å²) >= 11 is 0. The maximum Gasteiger partial charge on any atom is 0.251 e. The van der Waals surface area contributed by atoms with Gasteiger partial charge in [-0.3, -0.25) is 9.89 Å². The predicted molar refractivity (Wildman–Crippen MR) is 56.2 cm³/mol. The number of hydrogen-bond donors (Lipinski definition) is 2. The van der Waals surface area contributed by atoms with Crippen LogP contribution in [-0.4, -0.2) is 16.1 Å². The predicted octanol–water partition coefficient (Wildman–Crippen LogP) is 1.34. The van der Waals surface area contributed by atoms with Crippen LogP contribution in [0.3, 0.4) is 0 Å². The van der Waals surface area contributed by atoms with E-state index in [9.17, 15) is 4.79 Å². The van der Waals surface area contributed by atoms with Gasteiger partial charge in [0.2, 0.25) is 0 Å². The fourth-order valence-corrected chi connectivity index (χ4v) is 1.25. The molecular formula is C11H11N3O. The molecule has 0 aliphatic rings. The van der Waals surface area contributed by atoms with Crippen LogP contribution >= 0.6 is 0 Å². The Hall–Kier alpha value is -2.10. The molecule has 2 N–H and O–H groups in total. The minimum absolute atomic E-state index is 0.0846. The summed E-state index contributed by atoms with van der Waals surface area (Å²) in [6, 6.07) is 10.9. The van der Waals surface area contributed by atoms with Gasteiger partial charge >= 0.3 is 0 Å². The zero-order valence-electron chi connectivity index (χ0n) is 8.10. The van der Waals surface area contributed by atoms with Gasteiger partial charge in [0.05, 0.1) is 12.2 Å². The molecule has 2 aromatic rings. The van der Waals surface area contributed by atoms with Crippen molar-refractivity contribution in [3.05, 3.63) is 53.9 Å². The fourth-order valence-electron chi connectivity index (χ4n) is 1.25. The molecule has 0 saturated heterocycles. The lowest BCUT2D eigenvalue weighted by Gasteiger charge is -2.02. The number of amides is 1.